The molecule has 6 nitrogen and oxygen atoms in total. The number of hydrogen-bond acceptors (Lipinski definition) is 4. The molecule has 0 spiro atoms. The zero-order valence-electron chi connectivity index (χ0n) is 13.4. The minimum atomic E-state index is -1.05. The van der Waals surface area contributed by atoms with Crippen LogP contribution in [0.25, 0.3) is 0 Å². The Morgan fingerprint density at radius 2 is 1.91 bits per heavy atom. The molecule has 23 heavy (non-hydrogen) atoms. The monoisotopic (exact) mass is 315 g/mol. The number of aromatic nitrogens is 2. The van der Waals surface area contributed by atoms with Gasteiger partial charge < -0.3 is 10.4 Å². The lowest BCUT2D eigenvalue weighted by Crippen LogP contribution is -2.29. The van der Waals surface area contributed by atoms with E-state index in [4.69, 9.17) is 5.11 Å². The summed E-state index contributed by atoms with van der Waals surface area (Å²) in [7, 11) is 0. The van der Waals surface area contributed by atoms with E-state index >= 15 is 0 Å². The minimum Gasteiger partial charge on any atom is -0.480 e. The maximum absolute atomic E-state index is 12.2. The molecule has 1 aromatic heterocycles. The van der Waals surface area contributed by atoms with Crippen LogP contribution in [0.2, 0.25) is 0 Å². The van der Waals surface area contributed by atoms with E-state index in [0.29, 0.717) is 12.2 Å². The topological polar surface area (TPSA) is 84.2 Å². The van der Waals surface area contributed by atoms with E-state index in [1.807, 2.05) is 0 Å². The van der Waals surface area contributed by atoms with E-state index < -0.39 is 11.5 Å². The number of hydrogen-bond donors (Lipinski definition) is 2. The lowest BCUT2D eigenvalue weighted by Gasteiger charge is -2.10. The highest BCUT2D eigenvalue weighted by molar-refractivity contribution is 5.66. The van der Waals surface area contributed by atoms with Crippen molar-refractivity contribution < 1.29 is 9.90 Å². The van der Waals surface area contributed by atoms with Crippen LogP contribution < -0.4 is 10.9 Å². The predicted molar refractivity (Wildman–Crippen MR) is 88.9 cm³/mol. The molecule has 0 radical (unpaired) electrons. The fourth-order valence-electron chi connectivity index (χ4n) is 2.29. The minimum absolute atomic E-state index is 0.182. The van der Waals surface area contributed by atoms with E-state index in [9.17, 15) is 9.59 Å². The lowest BCUT2D eigenvalue weighted by molar-refractivity contribution is -0.137. The average molecular weight is 315 g/mol. The van der Waals surface area contributed by atoms with E-state index in [-0.39, 0.29) is 12.4 Å². The molecule has 0 bridgehead atoms. The zero-order valence-corrected chi connectivity index (χ0v) is 13.4. The quantitative estimate of drug-likeness (QED) is 0.814. The highest BCUT2D eigenvalue weighted by atomic mass is 16.4. The number of anilines is 1. The van der Waals surface area contributed by atoms with Gasteiger partial charge in [-0.3, -0.25) is 14.2 Å². The Hall–Kier alpha value is -2.63. The number of nitrogens with zero attached hydrogens (tertiary/aromatic N) is 2. The number of carboxylic acids is 1. The van der Waals surface area contributed by atoms with Gasteiger partial charge in [-0.05, 0) is 30.9 Å². The van der Waals surface area contributed by atoms with E-state index in [0.717, 1.165) is 12.8 Å². The molecule has 0 unspecified atom stereocenters. The van der Waals surface area contributed by atoms with Gasteiger partial charge in [-0.25, -0.2) is 4.98 Å². The van der Waals surface area contributed by atoms with Crippen molar-refractivity contribution >= 4 is 11.8 Å². The van der Waals surface area contributed by atoms with Crippen LogP contribution >= 0.6 is 0 Å². The van der Waals surface area contributed by atoms with Gasteiger partial charge in [-0.15, -0.1) is 0 Å². The molecular weight excluding hydrogens is 294 g/mol. The predicted octanol–water partition coefficient (Wildman–Crippen LogP) is 1.85. The van der Waals surface area contributed by atoms with E-state index in [1.165, 1.54) is 21.9 Å². The molecular formula is C17H21N3O3. The SMILES string of the molecule is CCc1ccc(CCNc2ncc(C)n(CC(=O)O)c2=O)cc1. The molecule has 122 valence electrons. The van der Waals surface area contributed by atoms with Crippen molar-refractivity contribution in [3.8, 4) is 0 Å². The Labute approximate surface area is 134 Å². The molecule has 0 aliphatic carbocycles. The standard InChI is InChI=1S/C17H21N3O3/c1-3-13-4-6-14(7-5-13)8-9-18-16-17(23)20(11-15(21)22)12(2)10-19-16/h4-7,10H,3,8-9,11H2,1-2H3,(H,18,19)(H,21,22). The number of aliphatic carboxylic acids is 1. The smallest absolute Gasteiger partial charge is 0.323 e. The molecule has 2 rings (SSSR count). The Morgan fingerprint density at radius 1 is 1.26 bits per heavy atom. The van der Waals surface area contributed by atoms with Gasteiger partial charge in [0.05, 0.1) is 0 Å². The van der Waals surface area contributed by atoms with Crippen LogP contribution in [0, 0.1) is 6.92 Å². The normalized spacial score (nSPS) is 10.5. The molecule has 1 heterocycles. The molecule has 1 aromatic carbocycles. The summed E-state index contributed by atoms with van der Waals surface area (Å²) in [4.78, 5) is 27.1. The van der Waals surface area contributed by atoms with Gasteiger partial charge in [0.1, 0.15) is 6.54 Å². The summed E-state index contributed by atoms with van der Waals surface area (Å²) < 4.78 is 1.20. The number of carbonyl (C=O) groups is 1. The fraction of sp³-hybridized carbons (Fsp3) is 0.353. The molecule has 6 heteroatoms. The number of benzene rings is 1. The van der Waals surface area contributed by atoms with Gasteiger partial charge in [-0.2, -0.15) is 0 Å². The summed E-state index contributed by atoms with van der Waals surface area (Å²) >= 11 is 0. The van der Waals surface area contributed by atoms with Crippen LogP contribution in [-0.2, 0) is 24.2 Å². The third-order valence-corrected chi connectivity index (χ3v) is 3.68. The fourth-order valence-corrected chi connectivity index (χ4v) is 2.29. The van der Waals surface area contributed by atoms with Gasteiger partial charge in [0, 0.05) is 18.4 Å². The van der Waals surface area contributed by atoms with Gasteiger partial charge in [0.25, 0.3) is 5.56 Å². The van der Waals surface area contributed by atoms with Crippen molar-refractivity contribution in [3.05, 3.63) is 57.6 Å². The third-order valence-electron chi connectivity index (χ3n) is 3.68. The molecule has 0 aliphatic rings. The summed E-state index contributed by atoms with van der Waals surface area (Å²) in [6.45, 7) is 3.97. The molecule has 0 saturated heterocycles. The second kappa shape index (κ2) is 7.58. The Balaban J connectivity index is 2.02. The number of nitrogens with one attached hydrogen (secondary N) is 1. The van der Waals surface area contributed by atoms with Crippen molar-refractivity contribution in [2.45, 2.75) is 33.2 Å². The molecule has 0 saturated carbocycles. The summed E-state index contributed by atoms with van der Waals surface area (Å²) in [6, 6.07) is 8.34. The summed E-state index contributed by atoms with van der Waals surface area (Å²) in [6.07, 6.45) is 3.27. The van der Waals surface area contributed by atoms with Crippen molar-refractivity contribution in [3.63, 3.8) is 0 Å². The first kappa shape index (κ1) is 16.7. The van der Waals surface area contributed by atoms with Crippen molar-refractivity contribution in [2.75, 3.05) is 11.9 Å². The molecule has 2 aromatic rings. The second-order valence-corrected chi connectivity index (χ2v) is 5.38. The molecule has 2 N–H and O–H groups in total. The van der Waals surface area contributed by atoms with Crippen LogP contribution in [0.1, 0.15) is 23.7 Å². The molecule has 0 aliphatic heterocycles. The van der Waals surface area contributed by atoms with Crippen molar-refractivity contribution in [1.29, 1.82) is 0 Å². The second-order valence-electron chi connectivity index (χ2n) is 5.38. The van der Waals surface area contributed by atoms with E-state index in [2.05, 4.69) is 41.5 Å². The average Bonchev–Trinajstić information content (AvgIpc) is 2.54. The molecule has 0 atom stereocenters. The van der Waals surface area contributed by atoms with Gasteiger partial charge in [0.15, 0.2) is 5.82 Å². The van der Waals surface area contributed by atoms with Crippen LogP contribution in [0.3, 0.4) is 0 Å². The Kier molecular flexibility index (Phi) is 5.51. The lowest BCUT2D eigenvalue weighted by atomic mass is 10.1. The van der Waals surface area contributed by atoms with Crippen LogP contribution in [0.15, 0.2) is 35.3 Å². The van der Waals surface area contributed by atoms with Gasteiger partial charge >= 0.3 is 5.97 Å². The first-order valence-corrected chi connectivity index (χ1v) is 7.61. The molecule has 0 amide bonds. The first-order chi connectivity index (χ1) is 11.0. The zero-order chi connectivity index (χ0) is 16.8. The summed E-state index contributed by atoms with van der Waals surface area (Å²) in [5.74, 6) is -0.870. The highest BCUT2D eigenvalue weighted by Gasteiger charge is 2.10. The molecule has 0 fully saturated rings. The third kappa shape index (κ3) is 4.42. The van der Waals surface area contributed by atoms with Crippen molar-refractivity contribution in [1.82, 2.24) is 9.55 Å². The van der Waals surface area contributed by atoms with Crippen LogP contribution in [0.4, 0.5) is 5.82 Å². The number of aryl methyl sites for hydroxylation is 2. The largest absolute Gasteiger partial charge is 0.480 e. The van der Waals surface area contributed by atoms with E-state index in [1.54, 1.807) is 6.92 Å². The van der Waals surface area contributed by atoms with Crippen LogP contribution in [0.5, 0.6) is 0 Å². The highest BCUT2D eigenvalue weighted by Crippen LogP contribution is 2.06. The maximum Gasteiger partial charge on any atom is 0.323 e. The van der Waals surface area contributed by atoms with Gasteiger partial charge in [-0.1, -0.05) is 31.2 Å². The number of rotatable bonds is 7. The maximum atomic E-state index is 12.2. The first-order valence-electron chi connectivity index (χ1n) is 7.61. The number of carboxylic acid groups (broad SMARTS) is 1. The summed E-state index contributed by atoms with van der Waals surface area (Å²) in [5, 5.41) is 11.9. The Morgan fingerprint density at radius 3 is 2.52 bits per heavy atom. The van der Waals surface area contributed by atoms with Crippen molar-refractivity contribution in [2.24, 2.45) is 0 Å². The Bertz CT molecular complexity index is 736. The summed E-state index contributed by atoms with van der Waals surface area (Å²) in [5.41, 5.74) is 2.58. The van der Waals surface area contributed by atoms with Crippen LogP contribution in [-0.4, -0.2) is 27.2 Å². The van der Waals surface area contributed by atoms with Gasteiger partial charge in [0.2, 0.25) is 0 Å².